The molecular weight excluding hydrogens is 230 g/mol. The van der Waals surface area contributed by atoms with E-state index in [4.69, 9.17) is 10.7 Å². The second kappa shape index (κ2) is 4.18. The summed E-state index contributed by atoms with van der Waals surface area (Å²) >= 11 is 1.75. The predicted octanol–water partition coefficient (Wildman–Crippen LogP) is 3.11. The van der Waals surface area contributed by atoms with Crippen LogP contribution in [0.4, 0.5) is 10.8 Å². The van der Waals surface area contributed by atoms with Crippen LogP contribution in [0.15, 0.2) is 18.2 Å². The second-order valence-electron chi connectivity index (χ2n) is 4.89. The average Bonchev–Trinajstić information content (AvgIpc) is 2.72. The highest BCUT2D eigenvalue weighted by molar-refractivity contribution is 7.22. The van der Waals surface area contributed by atoms with E-state index in [-0.39, 0.29) is 0 Å². The van der Waals surface area contributed by atoms with Gasteiger partial charge in [-0.1, -0.05) is 18.3 Å². The number of piperidine rings is 1. The summed E-state index contributed by atoms with van der Waals surface area (Å²) < 4.78 is 1.19. The van der Waals surface area contributed by atoms with Crippen molar-refractivity contribution in [2.75, 3.05) is 23.7 Å². The molecule has 90 valence electrons. The zero-order valence-corrected chi connectivity index (χ0v) is 10.8. The van der Waals surface area contributed by atoms with Gasteiger partial charge in [0, 0.05) is 18.8 Å². The Hall–Kier alpha value is -1.29. The van der Waals surface area contributed by atoms with E-state index in [0.29, 0.717) is 0 Å². The Labute approximate surface area is 105 Å². The zero-order valence-electron chi connectivity index (χ0n) is 10.0. The smallest absolute Gasteiger partial charge is 0.186 e. The molecule has 1 saturated heterocycles. The molecule has 0 radical (unpaired) electrons. The third kappa shape index (κ3) is 2.09. The van der Waals surface area contributed by atoms with Gasteiger partial charge in [-0.15, -0.1) is 0 Å². The molecule has 1 aromatic carbocycles. The number of aromatic nitrogens is 1. The van der Waals surface area contributed by atoms with Gasteiger partial charge in [0.05, 0.1) is 10.2 Å². The summed E-state index contributed by atoms with van der Waals surface area (Å²) in [5, 5.41) is 1.15. The molecule has 1 aromatic heterocycles. The van der Waals surface area contributed by atoms with E-state index in [1.807, 2.05) is 18.2 Å². The fraction of sp³-hybridized carbons (Fsp3) is 0.462. The van der Waals surface area contributed by atoms with E-state index in [9.17, 15) is 0 Å². The maximum absolute atomic E-state index is 5.80. The number of nitrogens with two attached hydrogens (primary N) is 1. The van der Waals surface area contributed by atoms with Crippen LogP contribution in [-0.2, 0) is 0 Å². The summed E-state index contributed by atoms with van der Waals surface area (Å²) in [5.74, 6) is 0.858. The van der Waals surface area contributed by atoms with Gasteiger partial charge in [0.1, 0.15) is 0 Å². The van der Waals surface area contributed by atoms with Gasteiger partial charge in [0.2, 0.25) is 0 Å². The third-order valence-electron chi connectivity index (χ3n) is 3.46. The number of hydrogen-bond acceptors (Lipinski definition) is 4. The lowest BCUT2D eigenvalue weighted by Crippen LogP contribution is -2.32. The van der Waals surface area contributed by atoms with Crippen molar-refractivity contribution in [3.05, 3.63) is 18.2 Å². The highest BCUT2D eigenvalue weighted by Crippen LogP contribution is 2.32. The first-order chi connectivity index (χ1) is 8.22. The highest BCUT2D eigenvalue weighted by atomic mass is 32.1. The summed E-state index contributed by atoms with van der Waals surface area (Å²) in [4.78, 5) is 7.10. The van der Waals surface area contributed by atoms with E-state index in [0.717, 1.165) is 35.3 Å². The van der Waals surface area contributed by atoms with E-state index in [2.05, 4.69) is 11.8 Å². The van der Waals surface area contributed by atoms with Gasteiger partial charge >= 0.3 is 0 Å². The number of thiazole rings is 1. The molecule has 3 rings (SSSR count). The fourth-order valence-corrected chi connectivity index (χ4v) is 3.33. The van der Waals surface area contributed by atoms with Crippen molar-refractivity contribution in [3.63, 3.8) is 0 Å². The maximum Gasteiger partial charge on any atom is 0.186 e. The molecule has 0 amide bonds. The molecule has 0 bridgehead atoms. The molecule has 2 aromatic rings. The van der Waals surface area contributed by atoms with Crippen LogP contribution in [0.2, 0.25) is 0 Å². The molecular formula is C13H17N3S. The van der Waals surface area contributed by atoms with Crippen molar-refractivity contribution < 1.29 is 0 Å². The SMILES string of the molecule is CC1CCN(c2nc3ccc(N)cc3s2)CC1. The van der Waals surface area contributed by atoms with Crippen molar-refractivity contribution in [1.29, 1.82) is 0 Å². The van der Waals surface area contributed by atoms with Crippen molar-refractivity contribution in [1.82, 2.24) is 4.98 Å². The van der Waals surface area contributed by atoms with Gasteiger partial charge in [0.25, 0.3) is 0 Å². The summed E-state index contributed by atoms with van der Waals surface area (Å²) in [6.45, 7) is 4.60. The van der Waals surface area contributed by atoms with Crippen LogP contribution in [0.1, 0.15) is 19.8 Å². The van der Waals surface area contributed by atoms with E-state index < -0.39 is 0 Å². The lowest BCUT2D eigenvalue weighted by Gasteiger charge is -2.29. The molecule has 0 spiro atoms. The van der Waals surface area contributed by atoms with Crippen molar-refractivity contribution in [2.24, 2.45) is 5.92 Å². The topological polar surface area (TPSA) is 42.2 Å². The lowest BCUT2D eigenvalue weighted by molar-refractivity contribution is 0.438. The van der Waals surface area contributed by atoms with Gasteiger partial charge in [0.15, 0.2) is 5.13 Å². The Morgan fingerprint density at radius 1 is 1.35 bits per heavy atom. The lowest BCUT2D eigenvalue weighted by atomic mass is 10.00. The van der Waals surface area contributed by atoms with Gasteiger partial charge in [-0.25, -0.2) is 4.98 Å². The first kappa shape index (κ1) is 10.8. The van der Waals surface area contributed by atoms with E-state index in [1.54, 1.807) is 11.3 Å². The predicted molar refractivity (Wildman–Crippen MR) is 74.6 cm³/mol. The molecule has 4 heteroatoms. The summed E-state index contributed by atoms with van der Waals surface area (Å²) in [7, 11) is 0. The Morgan fingerprint density at radius 3 is 2.88 bits per heavy atom. The Morgan fingerprint density at radius 2 is 2.12 bits per heavy atom. The van der Waals surface area contributed by atoms with Gasteiger partial charge in [-0.2, -0.15) is 0 Å². The van der Waals surface area contributed by atoms with Crippen LogP contribution >= 0.6 is 11.3 Å². The standard InChI is InChI=1S/C13H17N3S/c1-9-4-6-16(7-5-9)13-15-11-3-2-10(14)8-12(11)17-13/h2-3,8-9H,4-7,14H2,1H3. The van der Waals surface area contributed by atoms with Gasteiger partial charge in [-0.05, 0) is 37.0 Å². The number of hydrogen-bond donors (Lipinski definition) is 1. The van der Waals surface area contributed by atoms with Crippen molar-refractivity contribution in [3.8, 4) is 0 Å². The van der Waals surface area contributed by atoms with Crippen molar-refractivity contribution in [2.45, 2.75) is 19.8 Å². The van der Waals surface area contributed by atoms with Gasteiger partial charge in [-0.3, -0.25) is 0 Å². The Bertz CT molecular complexity index is 526. The van der Waals surface area contributed by atoms with Crippen LogP contribution in [-0.4, -0.2) is 18.1 Å². The Kier molecular flexibility index (Phi) is 2.67. The first-order valence-electron chi connectivity index (χ1n) is 6.13. The normalized spacial score (nSPS) is 17.8. The zero-order chi connectivity index (χ0) is 11.8. The number of nitrogen functional groups attached to an aromatic ring is 1. The summed E-state index contributed by atoms with van der Waals surface area (Å²) in [6.07, 6.45) is 2.55. The molecule has 17 heavy (non-hydrogen) atoms. The average molecular weight is 247 g/mol. The molecule has 0 unspecified atom stereocenters. The molecule has 1 fully saturated rings. The number of rotatable bonds is 1. The number of nitrogens with zero attached hydrogens (tertiary/aromatic N) is 2. The largest absolute Gasteiger partial charge is 0.399 e. The van der Waals surface area contributed by atoms with E-state index >= 15 is 0 Å². The van der Waals surface area contributed by atoms with Crippen LogP contribution in [0.5, 0.6) is 0 Å². The minimum Gasteiger partial charge on any atom is -0.399 e. The monoisotopic (exact) mass is 247 g/mol. The van der Waals surface area contributed by atoms with E-state index in [1.165, 1.54) is 17.5 Å². The van der Waals surface area contributed by atoms with Crippen molar-refractivity contribution >= 4 is 32.4 Å². The Balaban J connectivity index is 1.90. The van der Waals surface area contributed by atoms with Crippen LogP contribution < -0.4 is 10.6 Å². The number of fused-ring (bicyclic) bond motifs is 1. The van der Waals surface area contributed by atoms with Crippen LogP contribution in [0, 0.1) is 5.92 Å². The second-order valence-corrected chi connectivity index (χ2v) is 5.90. The summed E-state index contributed by atoms with van der Waals surface area (Å²) in [6, 6.07) is 5.95. The fourth-order valence-electron chi connectivity index (χ4n) is 2.26. The number of anilines is 2. The first-order valence-corrected chi connectivity index (χ1v) is 6.95. The highest BCUT2D eigenvalue weighted by Gasteiger charge is 2.18. The van der Waals surface area contributed by atoms with Crippen LogP contribution in [0.3, 0.4) is 0 Å². The van der Waals surface area contributed by atoms with Gasteiger partial charge < -0.3 is 10.6 Å². The molecule has 1 aliphatic heterocycles. The molecule has 0 aliphatic carbocycles. The molecule has 1 aliphatic rings. The third-order valence-corrected chi connectivity index (χ3v) is 4.53. The molecule has 2 heterocycles. The number of benzene rings is 1. The van der Waals surface area contributed by atoms with Crippen LogP contribution in [0.25, 0.3) is 10.2 Å². The quantitative estimate of drug-likeness (QED) is 0.787. The molecule has 2 N–H and O–H groups in total. The minimum atomic E-state index is 0.819. The summed E-state index contributed by atoms with van der Waals surface area (Å²) in [5.41, 5.74) is 7.68. The maximum atomic E-state index is 5.80. The molecule has 0 saturated carbocycles. The molecule has 3 nitrogen and oxygen atoms in total. The minimum absolute atomic E-state index is 0.819. The molecule has 0 atom stereocenters.